The lowest BCUT2D eigenvalue weighted by atomic mass is 9.92. The Hall–Kier alpha value is -0.970. The number of piperidine rings is 1. The van der Waals surface area contributed by atoms with E-state index in [-0.39, 0.29) is 12.5 Å². The van der Waals surface area contributed by atoms with Crippen molar-refractivity contribution in [2.45, 2.75) is 18.9 Å². The number of nitrogens with zero attached hydrogens (tertiary/aromatic N) is 1. The minimum Gasteiger partial charge on any atom is -0.376 e. The molecule has 1 aromatic rings. The number of rotatable bonds is 3. The van der Waals surface area contributed by atoms with E-state index in [0.29, 0.717) is 16.1 Å². The highest BCUT2D eigenvalue weighted by Gasteiger charge is 2.33. The Morgan fingerprint density at radius 3 is 2.81 bits per heavy atom. The molecule has 0 bridgehead atoms. The molecule has 1 amide bonds. The second-order valence-electron chi connectivity index (χ2n) is 5.75. The van der Waals surface area contributed by atoms with Crippen LogP contribution < -0.4 is 10.6 Å². The number of anilines is 1. The second kappa shape index (κ2) is 6.42. The number of likely N-dealkylation sites (tertiary alicyclic amines) is 1. The molecule has 114 valence electrons. The van der Waals surface area contributed by atoms with Gasteiger partial charge in [-0.3, -0.25) is 4.79 Å². The molecule has 0 radical (unpaired) electrons. The summed E-state index contributed by atoms with van der Waals surface area (Å²) in [4.78, 5) is 14.2. The SMILES string of the molecule is O=C(CNc1cc(Cl)cc(Cl)c1)N1CCC2CCNC2C1. The summed E-state index contributed by atoms with van der Waals surface area (Å²) in [6.07, 6.45) is 2.35. The Morgan fingerprint density at radius 1 is 1.29 bits per heavy atom. The number of fused-ring (bicyclic) bond motifs is 1. The maximum Gasteiger partial charge on any atom is 0.241 e. The molecule has 6 heteroatoms. The van der Waals surface area contributed by atoms with Crippen molar-refractivity contribution in [2.24, 2.45) is 5.92 Å². The highest BCUT2D eigenvalue weighted by molar-refractivity contribution is 6.35. The molecular weight excluding hydrogens is 309 g/mol. The summed E-state index contributed by atoms with van der Waals surface area (Å²) in [5.41, 5.74) is 0.773. The lowest BCUT2D eigenvalue weighted by Crippen LogP contribution is -2.50. The smallest absolute Gasteiger partial charge is 0.241 e. The summed E-state index contributed by atoms with van der Waals surface area (Å²) in [5, 5.41) is 7.71. The van der Waals surface area contributed by atoms with E-state index in [1.54, 1.807) is 18.2 Å². The van der Waals surface area contributed by atoms with Crippen molar-refractivity contribution >= 4 is 34.8 Å². The fourth-order valence-electron chi connectivity index (χ4n) is 3.20. The van der Waals surface area contributed by atoms with Crippen LogP contribution in [0, 0.1) is 5.92 Å². The minimum atomic E-state index is 0.123. The van der Waals surface area contributed by atoms with Gasteiger partial charge in [0.2, 0.25) is 5.91 Å². The van der Waals surface area contributed by atoms with Gasteiger partial charge >= 0.3 is 0 Å². The minimum absolute atomic E-state index is 0.123. The van der Waals surface area contributed by atoms with Crippen LogP contribution in [0.15, 0.2) is 18.2 Å². The first-order chi connectivity index (χ1) is 10.1. The molecule has 0 aliphatic carbocycles. The Labute approximate surface area is 134 Å². The first-order valence-corrected chi connectivity index (χ1v) is 8.08. The normalized spacial score (nSPS) is 24.8. The van der Waals surface area contributed by atoms with Crippen LogP contribution >= 0.6 is 23.2 Å². The van der Waals surface area contributed by atoms with Gasteiger partial charge in [0.25, 0.3) is 0 Å². The largest absolute Gasteiger partial charge is 0.376 e. The molecule has 2 heterocycles. The molecule has 21 heavy (non-hydrogen) atoms. The molecule has 2 N–H and O–H groups in total. The maximum atomic E-state index is 12.3. The van der Waals surface area contributed by atoms with Gasteiger partial charge in [-0.25, -0.2) is 0 Å². The quantitative estimate of drug-likeness (QED) is 0.896. The van der Waals surface area contributed by atoms with E-state index in [0.717, 1.165) is 37.7 Å². The summed E-state index contributed by atoms with van der Waals surface area (Å²) in [7, 11) is 0. The van der Waals surface area contributed by atoms with Crippen LogP contribution in [-0.4, -0.2) is 43.0 Å². The molecule has 2 aliphatic heterocycles. The van der Waals surface area contributed by atoms with Gasteiger partial charge in [-0.2, -0.15) is 0 Å². The van der Waals surface area contributed by atoms with Crippen molar-refractivity contribution in [1.29, 1.82) is 0 Å². The fourth-order valence-corrected chi connectivity index (χ4v) is 3.73. The van der Waals surface area contributed by atoms with E-state index in [9.17, 15) is 4.79 Å². The summed E-state index contributed by atoms with van der Waals surface area (Å²) in [5.74, 6) is 0.868. The highest BCUT2D eigenvalue weighted by Crippen LogP contribution is 2.25. The van der Waals surface area contributed by atoms with Gasteiger partial charge in [0.1, 0.15) is 0 Å². The van der Waals surface area contributed by atoms with E-state index < -0.39 is 0 Å². The zero-order valence-electron chi connectivity index (χ0n) is 11.7. The lowest BCUT2D eigenvalue weighted by Gasteiger charge is -2.35. The van der Waals surface area contributed by atoms with Crippen molar-refractivity contribution < 1.29 is 4.79 Å². The number of halogens is 2. The van der Waals surface area contributed by atoms with Crippen molar-refractivity contribution in [2.75, 3.05) is 31.5 Å². The van der Waals surface area contributed by atoms with Crippen molar-refractivity contribution in [3.63, 3.8) is 0 Å². The van der Waals surface area contributed by atoms with Crippen molar-refractivity contribution in [1.82, 2.24) is 10.2 Å². The molecule has 2 fully saturated rings. The number of hydrogen-bond acceptors (Lipinski definition) is 3. The Balaban J connectivity index is 1.54. The summed E-state index contributed by atoms with van der Waals surface area (Å²) < 4.78 is 0. The predicted molar refractivity (Wildman–Crippen MR) is 86.0 cm³/mol. The Kier molecular flexibility index (Phi) is 4.57. The van der Waals surface area contributed by atoms with Crippen LogP contribution in [0.3, 0.4) is 0 Å². The number of carbonyl (C=O) groups excluding carboxylic acids is 1. The molecule has 0 saturated carbocycles. The number of hydrogen-bond donors (Lipinski definition) is 2. The average molecular weight is 328 g/mol. The molecule has 2 unspecified atom stereocenters. The molecular formula is C15H19Cl2N3O. The first-order valence-electron chi connectivity index (χ1n) is 7.33. The van der Waals surface area contributed by atoms with Gasteiger partial charge in [-0.05, 0) is 43.5 Å². The Morgan fingerprint density at radius 2 is 2.05 bits per heavy atom. The molecule has 2 saturated heterocycles. The van der Waals surface area contributed by atoms with Gasteiger partial charge in [-0.15, -0.1) is 0 Å². The van der Waals surface area contributed by atoms with Gasteiger partial charge < -0.3 is 15.5 Å². The molecule has 2 atom stereocenters. The topological polar surface area (TPSA) is 44.4 Å². The van der Waals surface area contributed by atoms with Crippen LogP contribution in [0.5, 0.6) is 0 Å². The van der Waals surface area contributed by atoms with Crippen LogP contribution in [0.25, 0.3) is 0 Å². The number of nitrogens with one attached hydrogen (secondary N) is 2. The summed E-state index contributed by atoms with van der Waals surface area (Å²) >= 11 is 11.9. The summed E-state index contributed by atoms with van der Waals surface area (Å²) in [6, 6.07) is 5.69. The summed E-state index contributed by atoms with van der Waals surface area (Å²) in [6.45, 7) is 3.03. The monoisotopic (exact) mass is 327 g/mol. The zero-order valence-corrected chi connectivity index (χ0v) is 13.3. The molecule has 4 nitrogen and oxygen atoms in total. The fraction of sp³-hybridized carbons (Fsp3) is 0.533. The van der Waals surface area contributed by atoms with Crippen molar-refractivity contribution in [3.8, 4) is 0 Å². The third kappa shape index (κ3) is 3.62. The third-order valence-electron chi connectivity index (χ3n) is 4.34. The van der Waals surface area contributed by atoms with Crippen molar-refractivity contribution in [3.05, 3.63) is 28.2 Å². The Bertz CT molecular complexity index is 517. The van der Waals surface area contributed by atoms with Crippen LogP contribution in [-0.2, 0) is 4.79 Å². The van der Waals surface area contributed by atoms with Crippen LogP contribution in [0.1, 0.15) is 12.8 Å². The zero-order chi connectivity index (χ0) is 14.8. The average Bonchev–Trinajstić information content (AvgIpc) is 2.91. The van der Waals surface area contributed by atoms with E-state index >= 15 is 0 Å². The lowest BCUT2D eigenvalue weighted by molar-refractivity contribution is -0.131. The second-order valence-corrected chi connectivity index (χ2v) is 6.62. The highest BCUT2D eigenvalue weighted by atomic mass is 35.5. The van der Waals surface area contributed by atoms with Gasteiger partial charge in [0.05, 0.1) is 6.54 Å². The standard InChI is InChI=1S/C15H19Cl2N3O/c16-11-5-12(17)7-13(6-11)19-8-15(21)20-4-2-10-1-3-18-14(10)9-20/h5-7,10,14,18-19H,1-4,8-9H2. The molecule has 3 rings (SSSR count). The van der Waals surface area contributed by atoms with E-state index in [4.69, 9.17) is 23.2 Å². The molecule has 0 aromatic heterocycles. The van der Waals surface area contributed by atoms with Crippen LogP contribution in [0.2, 0.25) is 10.0 Å². The third-order valence-corrected chi connectivity index (χ3v) is 4.77. The van der Waals surface area contributed by atoms with E-state index in [2.05, 4.69) is 10.6 Å². The van der Waals surface area contributed by atoms with Crippen LogP contribution in [0.4, 0.5) is 5.69 Å². The van der Waals surface area contributed by atoms with Gasteiger partial charge in [0.15, 0.2) is 0 Å². The molecule has 0 spiro atoms. The molecule has 2 aliphatic rings. The number of benzene rings is 1. The first kappa shape index (κ1) is 14.9. The van der Waals surface area contributed by atoms with Gasteiger partial charge in [-0.1, -0.05) is 23.2 Å². The van der Waals surface area contributed by atoms with E-state index in [1.807, 2.05) is 4.90 Å². The number of amides is 1. The number of carbonyl (C=O) groups is 1. The van der Waals surface area contributed by atoms with Gasteiger partial charge in [0, 0.05) is 34.9 Å². The predicted octanol–water partition coefficient (Wildman–Crippen LogP) is 2.62. The van der Waals surface area contributed by atoms with E-state index in [1.165, 1.54) is 6.42 Å². The molecule has 1 aromatic carbocycles. The maximum absolute atomic E-state index is 12.3.